The highest BCUT2D eigenvalue weighted by molar-refractivity contribution is 7.86. The van der Waals surface area contributed by atoms with Gasteiger partial charge in [-0.3, -0.25) is 9.69 Å². The number of ether oxygens (including phenoxy) is 1. The highest BCUT2D eigenvalue weighted by atomic mass is 32.2. The number of nitrogens with zero attached hydrogens (tertiary/aromatic N) is 5. The molecule has 3 fully saturated rings. The predicted octanol–water partition coefficient (Wildman–Crippen LogP) is -0.317. The molecule has 0 aromatic carbocycles. The topological polar surface area (TPSA) is 152 Å². The molecule has 0 bridgehead atoms. The fourth-order valence-corrected chi connectivity index (χ4v) is 5.77. The van der Waals surface area contributed by atoms with Crippen LogP contribution in [0.1, 0.15) is 33.6 Å². The van der Waals surface area contributed by atoms with Gasteiger partial charge < -0.3 is 14.7 Å². The zero-order valence-electron chi connectivity index (χ0n) is 18.4. The minimum Gasteiger partial charge on any atom is -0.480 e. The number of carboxylic acids is 1. The molecule has 3 rings (SSSR count). The largest absolute Gasteiger partial charge is 0.480 e. The molecule has 0 spiro atoms. The Labute approximate surface area is 187 Å². The third-order valence-electron chi connectivity index (χ3n) is 5.76. The van der Waals surface area contributed by atoms with Crippen LogP contribution in [0.2, 0.25) is 0 Å². The van der Waals surface area contributed by atoms with Crippen LogP contribution >= 0.6 is 0 Å². The first-order valence-corrected chi connectivity index (χ1v) is 11.9. The van der Waals surface area contributed by atoms with Crippen molar-refractivity contribution in [2.45, 2.75) is 51.3 Å². The van der Waals surface area contributed by atoms with E-state index in [0.29, 0.717) is 12.8 Å². The third-order valence-corrected chi connectivity index (χ3v) is 7.70. The average molecular weight is 472 g/mol. The number of hydrogen-bond donors (Lipinski definition) is 1. The van der Waals surface area contributed by atoms with Gasteiger partial charge in [0.1, 0.15) is 17.7 Å². The Morgan fingerprint density at radius 2 is 1.66 bits per heavy atom. The quantitative estimate of drug-likeness (QED) is 0.586. The molecule has 3 heterocycles. The second-order valence-electron chi connectivity index (χ2n) is 9.23. The summed E-state index contributed by atoms with van der Waals surface area (Å²) in [5, 5.41) is 18.4. The van der Waals surface area contributed by atoms with Crippen LogP contribution in [0.5, 0.6) is 0 Å². The summed E-state index contributed by atoms with van der Waals surface area (Å²) in [6.07, 6.45) is 0.0474. The monoisotopic (exact) mass is 471 g/mol. The fraction of sp³-hybridized carbons (Fsp3) is 0.789. The molecule has 0 saturated carbocycles. The summed E-state index contributed by atoms with van der Waals surface area (Å²) in [5.41, 5.74) is -0.824. The number of amides is 2. The van der Waals surface area contributed by atoms with Crippen molar-refractivity contribution in [2.24, 2.45) is 5.92 Å². The van der Waals surface area contributed by atoms with E-state index < -0.39 is 45.9 Å². The van der Waals surface area contributed by atoms with Gasteiger partial charge in [-0.05, 0) is 33.6 Å². The molecule has 0 aliphatic carbocycles. The number of carbonyl (C=O) groups excluding carboxylic acids is 2. The molecule has 0 radical (unpaired) electrons. The van der Waals surface area contributed by atoms with Gasteiger partial charge in [0, 0.05) is 39.3 Å². The Morgan fingerprint density at radius 1 is 1.00 bits per heavy atom. The lowest BCUT2D eigenvalue weighted by atomic mass is 10.1. The molecular formula is C19H29N5O7S. The number of carbonyl (C=O) groups is 3. The first-order chi connectivity index (χ1) is 14.8. The standard InChI is InChI=1S/C19H29N5O7S/c1-19(2,3)31-18(28)24-8-7-21(32(29,30)22-10-13(9-20)11-22)12-15(24)16(25)23-6-4-5-14(23)17(26)27/h13-15H,4-8,10-12H2,1-3H3,(H,26,27). The van der Waals surface area contributed by atoms with Gasteiger partial charge >= 0.3 is 12.1 Å². The second-order valence-corrected chi connectivity index (χ2v) is 11.2. The van der Waals surface area contributed by atoms with Gasteiger partial charge in [-0.1, -0.05) is 0 Å². The second kappa shape index (κ2) is 8.84. The summed E-state index contributed by atoms with van der Waals surface area (Å²) in [6, 6.07) is -0.200. The maximum atomic E-state index is 13.4. The van der Waals surface area contributed by atoms with Gasteiger partial charge in [-0.25, -0.2) is 9.59 Å². The molecule has 178 valence electrons. The zero-order chi connectivity index (χ0) is 23.8. The van der Waals surface area contributed by atoms with Crippen LogP contribution in [0.3, 0.4) is 0 Å². The highest BCUT2D eigenvalue weighted by Crippen LogP contribution is 2.27. The van der Waals surface area contributed by atoms with E-state index in [1.165, 1.54) is 14.1 Å². The zero-order valence-corrected chi connectivity index (χ0v) is 19.2. The molecule has 32 heavy (non-hydrogen) atoms. The predicted molar refractivity (Wildman–Crippen MR) is 110 cm³/mol. The third kappa shape index (κ3) is 4.82. The molecule has 2 amide bonds. The number of likely N-dealkylation sites (tertiary alicyclic amines) is 1. The molecule has 0 aromatic rings. The smallest absolute Gasteiger partial charge is 0.411 e. The Bertz CT molecular complexity index is 919. The molecule has 1 N–H and O–H groups in total. The Kier molecular flexibility index (Phi) is 6.69. The van der Waals surface area contributed by atoms with E-state index in [0.717, 1.165) is 4.31 Å². The van der Waals surface area contributed by atoms with Crippen LogP contribution in [-0.4, -0.2) is 107 Å². The minimum atomic E-state index is -3.92. The molecule has 3 aliphatic rings. The summed E-state index contributed by atoms with van der Waals surface area (Å²) in [7, 11) is -3.92. The summed E-state index contributed by atoms with van der Waals surface area (Å²) < 4.78 is 33.7. The van der Waals surface area contributed by atoms with Gasteiger partial charge in [0.05, 0.1) is 12.0 Å². The Morgan fingerprint density at radius 3 is 2.22 bits per heavy atom. The summed E-state index contributed by atoms with van der Waals surface area (Å²) in [4.78, 5) is 40.1. The van der Waals surface area contributed by atoms with Crippen molar-refractivity contribution in [3.8, 4) is 6.07 Å². The molecule has 13 heteroatoms. The minimum absolute atomic E-state index is 0.0402. The molecule has 3 saturated heterocycles. The lowest BCUT2D eigenvalue weighted by Crippen LogP contribution is -2.65. The SMILES string of the molecule is CC(C)(C)OC(=O)N1CCN(S(=O)(=O)N2CC(C#N)C2)CC1C(=O)N1CCCC1C(=O)O. The van der Waals surface area contributed by atoms with E-state index in [2.05, 4.69) is 0 Å². The summed E-state index contributed by atoms with van der Waals surface area (Å²) in [6.45, 7) is 4.99. The number of piperazine rings is 1. The lowest BCUT2D eigenvalue weighted by molar-refractivity contribution is -0.151. The number of nitriles is 1. The van der Waals surface area contributed by atoms with Crippen molar-refractivity contribution in [1.29, 1.82) is 5.26 Å². The molecule has 3 aliphatic heterocycles. The van der Waals surface area contributed by atoms with Gasteiger partial charge in [-0.15, -0.1) is 0 Å². The van der Waals surface area contributed by atoms with E-state index in [1.807, 2.05) is 6.07 Å². The molecule has 12 nitrogen and oxygen atoms in total. The van der Waals surface area contributed by atoms with Crippen LogP contribution in [-0.2, 0) is 24.5 Å². The highest BCUT2D eigenvalue weighted by Gasteiger charge is 2.48. The van der Waals surface area contributed by atoms with Crippen molar-refractivity contribution < 1.29 is 32.6 Å². The maximum absolute atomic E-state index is 13.4. The molecule has 2 unspecified atom stereocenters. The van der Waals surface area contributed by atoms with Crippen LogP contribution in [0, 0.1) is 17.2 Å². The number of carboxylic acid groups (broad SMARTS) is 1. The first-order valence-electron chi connectivity index (χ1n) is 10.5. The number of hydrogen-bond acceptors (Lipinski definition) is 7. The average Bonchev–Trinajstić information content (AvgIpc) is 3.14. The van der Waals surface area contributed by atoms with Crippen molar-refractivity contribution in [1.82, 2.24) is 18.4 Å². The van der Waals surface area contributed by atoms with Gasteiger partial charge in [0.15, 0.2) is 0 Å². The van der Waals surface area contributed by atoms with E-state index in [9.17, 15) is 27.9 Å². The van der Waals surface area contributed by atoms with E-state index in [4.69, 9.17) is 10.00 Å². The molecular weight excluding hydrogens is 442 g/mol. The van der Waals surface area contributed by atoms with Crippen LogP contribution in [0.4, 0.5) is 4.79 Å². The molecule has 0 aromatic heterocycles. The van der Waals surface area contributed by atoms with Crippen molar-refractivity contribution in [3.05, 3.63) is 0 Å². The van der Waals surface area contributed by atoms with E-state index in [-0.39, 0.29) is 45.2 Å². The van der Waals surface area contributed by atoms with Crippen LogP contribution < -0.4 is 0 Å². The van der Waals surface area contributed by atoms with E-state index >= 15 is 0 Å². The summed E-state index contributed by atoms with van der Waals surface area (Å²) >= 11 is 0. The van der Waals surface area contributed by atoms with Crippen LogP contribution in [0.15, 0.2) is 0 Å². The first kappa shape index (κ1) is 24.2. The van der Waals surface area contributed by atoms with E-state index in [1.54, 1.807) is 20.8 Å². The van der Waals surface area contributed by atoms with Gasteiger partial charge in [0.25, 0.3) is 10.2 Å². The fourth-order valence-electron chi connectivity index (χ4n) is 4.07. The van der Waals surface area contributed by atoms with Gasteiger partial charge in [0.2, 0.25) is 5.91 Å². The number of aliphatic carboxylic acids is 1. The maximum Gasteiger partial charge on any atom is 0.411 e. The van der Waals surface area contributed by atoms with Crippen LogP contribution in [0.25, 0.3) is 0 Å². The Hall–Kier alpha value is -2.43. The van der Waals surface area contributed by atoms with Crippen molar-refractivity contribution in [2.75, 3.05) is 39.3 Å². The van der Waals surface area contributed by atoms with Crippen molar-refractivity contribution >= 4 is 28.2 Å². The summed E-state index contributed by atoms with van der Waals surface area (Å²) in [5.74, 6) is -2.12. The lowest BCUT2D eigenvalue weighted by Gasteiger charge is -2.44. The van der Waals surface area contributed by atoms with Gasteiger partial charge in [-0.2, -0.15) is 22.3 Å². The number of rotatable bonds is 4. The normalized spacial score (nSPS) is 25.8. The van der Waals surface area contributed by atoms with Crippen molar-refractivity contribution in [3.63, 3.8) is 0 Å². The molecule has 2 atom stereocenters. The Balaban J connectivity index is 1.84.